The van der Waals surface area contributed by atoms with Crippen molar-refractivity contribution in [2.24, 2.45) is 5.92 Å². The van der Waals surface area contributed by atoms with Crippen molar-refractivity contribution in [2.75, 3.05) is 26.2 Å². The maximum Gasteiger partial charge on any atom is 0.0702 e. The predicted octanol–water partition coefficient (Wildman–Crippen LogP) is 2.41. The van der Waals surface area contributed by atoms with E-state index >= 15 is 0 Å². The molecule has 0 aromatic carbocycles. The maximum atomic E-state index is 5.96. The molecule has 0 amide bonds. The van der Waals surface area contributed by atoms with Crippen LogP contribution in [-0.4, -0.2) is 49.3 Å². The second-order valence-corrected chi connectivity index (χ2v) is 6.74. The van der Waals surface area contributed by atoms with Crippen LogP contribution in [0.3, 0.4) is 0 Å². The van der Waals surface area contributed by atoms with Gasteiger partial charge < -0.3 is 10.1 Å². The van der Waals surface area contributed by atoms with Gasteiger partial charge in [0.1, 0.15) is 0 Å². The Labute approximate surface area is 118 Å². The molecule has 2 heterocycles. The summed E-state index contributed by atoms with van der Waals surface area (Å²) in [5.41, 5.74) is 0. The van der Waals surface area contributed by atoms with Crippen LogP contribution in [-0.2, 0) is 4.74 Å². The molecule has 3 fully saturated rings. The van der Waals surface area contributed by atoms with E-state index in [1.807, 2.05) is 0 Å². The summed E-state index contributed by atoms with van der Waals surface area (Å²) in [6.45, 7) is 6.93. The highest BCUT2D eigenvalue weighted by molar-refractivity contribution is 4.95. The van der Waals surface area contributed by atoms with Crippen molar-refractivity contribution in [3.05, 3.63) is 0 Å². The minimum absolute atomic E-state index is 0.506. The van der Waals surface area contributed by atoms with Gasteiger partial charge in [0, 0.05) is 38.3 Å². The van der Waals surface area contributed by atoms with E-state index in [1.54, 1.807) is 0 Å². The first kappa shape index (κ1) is 13.8. The van der Waals surface area contributed by atoms with Crippen LogP contribution in [0.5, 0.6) is 0 Å². The number of nitrogens with zero attached hydrogens (tertiary/aromatic N) is 1. The van der Waals surface area contributed by atoms with E-state index in [0.29, 0.717) is 6.10 Å². The van der Waals surface area contributed by atoms with Crippen LogP contribution in [0.25, 0.3) is 0 Å². The molecule has 110 valence electrons. The van der Waals surface area contributed by atoms with Gasteiger partial charge in [-0.25, -0.2) is 0 Å². The Morgan fingerprint density at radius 1 is 1.21 bits per heavy atom. The summed E-state index contributed by atoms with van der Waals surface area (Å²) in [5, 5.41) is 3.80. The minimum Gasteiger partial charge on any atom is -0.377 e. The third-order valence-electron chi connectivity index (χ3n) is 5.09. The van der Waals surface area contributed by atoms with Gasteiger partial charge in [0.05, 0.1) is 6.10 Å². The van der Waals surface area contributed by atoms with Gasteiger partial charge in [-0.1, -0.05) is 13.3 Å². The normalized spacial score (nSPS) is 37.4. The smallest absolute Gasteiger partial charge is 0.0702 e. The van der Waals surface area contributed by atoms with Gasteiger partial charge in [-0.3, -0.25) is 4.90 Å². The molecule has 1 saturated carbocycles. The Balaban J connectivity index is 1.55. The summed E-state index contributed by atoms with van der Waals surface area (Å²) in [4.78, 5) is 2.75. The van der Waals surface area contributed by atoms with Crippen LogP contribution >= 0.6 is 0 Å². The molecule has 1 N–H and O–H groups in total. The van der Waals surface area contributed by atoms with Crippen LogP contribution in [0, 0.1) is 5.92 Å². The molecular formula is C16H30N2O. The van der Waals surface area contributed by atoms with E-state index < -0.39 is 0 Å². The van der Waals surface area contributed by atoms with Crippen molar-refractivity contribution >= 4 is 0 Å². The molecule has 1 aliphatic carbocycles. The molecule has 0 aromatic heterocycles. The number of hydrogen-bond donors (Lipinski definition) is 1. The number of hydrogen-bond acceptors (Lipinski definition) is 3. The van der Waals surface area contributed by atoms with Crippen LogP contribution < -0.4 is 5.32 Å². The Kier molecular flexibility index (Phi) is 4.78. The Morgan fingerprint density at radius 3 is 2.79 bits per heavy atom. The Morgan fingerprint density at radius 2 is 2.11 bits per heavy atom. The standard InChI is InChI=1S/C16H30N2O/c1-2-5-14-10-17-16(13-7-8-13)12-18(14)11-15-6-3-4-9-19-15/h13-17H,2-12H2,1H3. The zero-order valence-electron chi connectivity index (χ0n) is 12.4. The monoisotopic (exact) mass is 266 g/mol. The largest absolute Gasteiger partial charge is 0.377 e. The molecule has 0 radical (unpaired) electrons. The molecule has 3 unspecified atom stereocenters. The second-order valence-electron chi connectivity index (χ2n) is 6.74. The summed E-state index contributed by atoms with van der Waals surface area (Å²) in [6, 6.07) is 1.50. The highest BCUT2D eigenvalue weighted by Crippen LogP contribution is 2.34. The molecular weight excluding hydrogens is 236 g/mol. The number of nitrogens with one attached hydrogen (secondary N) is 1. The summed E-state index contributed by atoms with van der Waals surface area (Å²) < 4.78 is 5.96. The lowest BCUT2D eigenvalue weighted by atomic mass is 10.00. The van der Waals surface area contributed by atoms with Crippen molar-refractivity contribution in [3.8, 4) is 0 Å². The molecule has 3 rings (SSSR count). The molecule has 3 heteroatoms. The molecule has 2 aliphatic heterocycles. The first-order valence-corrected chi connectivity index (χ1v) is 8.46. The SMILES string of the molecule is CCCC1CNC(C2CC2)CN1CC1CCCCO1. The maximum absolute atomic E-state index is 5.96. The fourth-order valence-corrected chi connectivity index (χ4v) is 3.75. The number of rotatable bonds is 5. The quantitative estimate of drug-likeness (QED) is 0.827. The zero-order chi connectivity index (χ0) is 13.1. The summed E-state index contributed by atoms with van der Waals surface area (Å²) >= 11 is 0. The molecule has 19 heavy (non-hydrogen) atoms. The lowest BCUT2D eigenvalue weighted by Gasteiger charge is -2.42. The first-order valence-electron chi connectivity index (χ1n) is 8.46. The molecule has 3 aliphatic rings. The molecule has 3 nitrogen and oxygen atoms in total. The fourth-order valence-electron chi connectivity index (χ4n) is 3.75. The van der Waals surface area contributed by atoms with E-state index in [0.717, 1.165) is 24.6 Å². The van der Waals surface area contributed by atoms with E-state index in [1.165, 1.54) is 64.6 Å². The highest BCUT2D eigenvalue weighted by Gasteiger charge is 2.37. The van der Waals surface area contributed by atoms with Crippen molar-refractivity contribution in [1.29, 1.82) is 0 Å². The van der Waals surface area contributed by atoms with Gasteiger partial charge in [0.25, 0.3) is 0 Å². The van der Waals surface area contributed by atoms with Gasteiger partial charge >= 0.3 is 0 Å². The average Bonchev–Trinajstić information content (AvgIpc) is 3.27. The Bertz CT molecular complexity index is 274. The summed E-state index contributed by atoms with van der Waals surface area (Å²) in [7, 11) is 0. The Hall–Kier alpha value is -0.120. The van der Waals surface area contributed by atoms with Gasteiger partial charge in [-0.15, -0.1) is 0 Å². The van der Waals surface area contributed by atoms with Crippen molar-refractivity contribution in [1.82, 2.24) is 10.2 Å². The van der Waals surface area contributed by atoms with Crippen molar-refractivity contribution in [2.45, 2.75) is 70.1 Å². The van der Waals surface area contributed by atoms with Crippen LogP contribution in [0.15, 0.2) is 0 Å². The lowest BCUT2D eigenvalue weighted by Crippen LogP contribution is -2.58. The zero-order valence-corrected chi connectivity index (χ0v) is 12.4. The van der Waals surface area contributed by atoms with Gasteiger partial charge in [-0.2, -0.15) is 0 Å². The number of ether oxygens (including phenoxy) is 1. The van der Waals surface area contributed by atoms with Gasteiger partial charge in [0.15, 0.2) is 0 Å². The van der Waals surface area contributed by atoms with Crippen LogP contribution in [0.2, 0.25) is 0 Å². The second kappa shape index (κ2) is 6.55. The summed E-state index contributed by atoms with van der Waals surface area (Å²) in [5.74, 6) is 0.970. The molecule has 0 aromatic rings. The average molecular weight is 266 g/mol. The van der Waals surface area contributed by atoms with Gasteiger partial charge in [-0.05, 0) is 44.4 Å². The highest BCUT2D eigenvalue weighted by atomic mass is 16.5. The van der Waals surface area contributed by atoms with E-state index in [9.17, 15) is 0 Å². The minimum atomic E-state index is 0.506. The van der Waals surface area contributed by atoms with E-state index in [-0.39, 0.29) is 0 Å². The van der Waals surface area contributed by atoms with Crippen molar-refractivity contribution in [3.63, 3.8) is 0 Å². The molecule has 3 atom stereocenters. The summed E-state index contributed by atoms with van der Waals surface area (Å²) in [6.07, 6.45) is 9.93. The van der Waals surface area contributed by atoms with E-state index in [2.05, 4.69) is 17.1 Å². The molecule has 2 saturated heterocycles. The third kappa shape index (κ3) is 3.71. The fraction of sp³-hybridized carbons (Fsp3) is 1.00. The molecule has 0 bridgehead atoms. The first-order chi connectivity index (χ1) is 9.36. The lowest BCUT2D eigenvalue weighted by molar-refractivity contribution is -0.0232. The topological polar surface area (TPSA) is 24.5 Å². The predicted molar refractivity (Wildman–Crippen MR) is 78.4 cm³/mol. The van der Waals surface area contributed by atoms with Crippen LogP contribution in [0.4, 0.5) is 0 Å². The van der Waals surface area contributed by atoms with Crippen LogP contribution in [0.1, 0.15) is 51.9 Å². The third-order valence-corrected chi connectivity index (χ3v) is 5.09. The van der Waals surface area contributed by atoms with Gasteiger partial charge in [0.2, 0.25) is 0 Å². The number of piperazine rings is 1. The van der Waals surface area contributed by atoms with E-state index in [4.69, 9.17) is 4.74 Å². The molecule has 0 spiro atoms. The van der Waals surface area contributed by atoms with Crippen molar-refractivity contribution < 1.29 is 4.74 Å².